The fourth-order valence-electron chi connectivity index (χ4n) is 15.2. The highest BCUT2D eigenvalue weighted by Gasteiger charge is 2.36. The maximum atomic E-state index is 11.3. The van der Waals surface area contributed by atoms with Crippen molar-refractivity contribution in [2.24, 2.45) is 0 Å². The van der Waals surface area contributed by atoms with E-state index in [0.717, 1.165) is 128 Å². The number of rotatable bonds is 12. The molecule has 564 valence electrons. The number of hydrogen-bond donors (Lipinski definition) is 8. The molecule has 0 radical (unpaired) electrons. The van der Waals surface area contributed by atoms with Gasteiger partial charge in [0.2, 0.25) is 0 Å². The predicted octanol–water partition coefficient (Wildman–Crippen LogP) is 26.5. The van der Waals surface area contributed by atoms with Gasteiger partial charge in [-0.2, -0.15) is 0 Å². The summed E-state index contributed by atoms with van der Waals surface area (Å²) in [6, 6.07) is 32.7. The molecule has 2 fully saturated rings. The zero-order chi connectivity index (χ0) is 77.9. The molecular weight excluding hydrogens is 1550 g/mol. The summed E-state index contributed by atoms with van der Waals surface area (Å²) in [6.45, 7) is 46.8. The zero-order valence-electron chi connectivity index (χ0n) is 66.4. The summed E-state index contributed by atoms with van der Waals surface area (Å²) in [5.74, 6) is 2.66. The lowest BCUT2D eigenvalue weighted by atomic mass is 9.69. The van der Waals surface area contributed by atoms with E-state index in [9.17, 15) is 40.9 Å². The van der Waals surface area contributed by atoms with Crippen LogP contribution in [0.2, 0.25) is 0 Å². The average Bonchev–Trinajstić information content (AvgIpc) is 0.781. The highest BCUT2D eigenvalue weighted by Crippen LogP contribution is 2.50. The quantitative estimate of drug-likeness (QED) is 0.0600. The van der Waals surface area contributed by atoms with Crippen molar-refractivity contribution < 1.29 is 40.9 Å². The number of aryl methyl sites for hydroxylation is 6. The number of aromatic hydroxyl groups is 8. The molecule has 10 rings (SSSR count). The van der Waals surface area contributed by atoms with Crippen LogP contribution in [0.4, 0.5) is 0 Å². The normalized spacial score (nSPS) is 14.7. The van der Waals surface area contributed by atoms with Gasteiger partial charge in [0.15, 0.2) is 0 Å². The van der Waals surface area contributed by atoms with E-state index in [-0.39, 0.29) is 49.4 Å². The van der Waals surface area contributed by atoms with Crippen LogP contribution in [0.15, 0.2) is 115 Å². The van der Waals surface area contributed by atoms with Crippen molar-refractivity contribution in [3.63, 3.8) is 0 Å². The number of hydrogen-bond acceptors (Lipinski definition) is 8. The Hall–Kier alpha value is -5.92. The number of benzene rings is 8. The van der Waals surface area contributed by atoms with E-state index < -0.39 is 0 Å². The van der Waals surface area contributed by atoms with Crippen LogP contribution in [0, 0.1) is 27.7 Å². The summed E-state index contributed by atoms with van der Waals surface area (Å²) in [6.07, 6.45) is 15.6. The monoisotopic (exact) mass is 1670 g/mol. The summed E-state index contributed by atoms with van der Waals surface area (Å²) >= 11 is 13.5. The molecule has 8 aromatic rings. The van der Waals surface area contributed by atoms with Crippen molar-refractivity contribution >= 4 is 63.7 Å². The van der Waals surface area contributed by atoms with Gasteiger partial charge in [0.25, 0.3) is 0 Å². The molecule has 0 aliphatic heterocycles. The van der Waals surface area contributed by atoms with Gasteiger partial charge >= 0.3 is 0 Å². The van der Waals surface area contributed by atoms with Crippen LogP contribution in [0.5, 0.6) is 46.0 Å². The third kappa shape index (κ3) is 20.5. The molecule has 0 spiro atoms. The molecule has 0 saturated heterocycles. The van der Waals surface area contributed by atoms with Gasteiger partial charge in [-0.15, -0.1) is 0 Å². The lowest BCUT2D eigenvalue weighted by molar-refractivity contribution is 0.306. The molecule has 0 unspecified atom stereocenters. The van der Waals surface area contributed by atoms with Crippen LogP contribution < -0.4 is 0 Å². The van der Waals surface area contributed by atoms with Gasteiger partial charge in [0, 0.05) is 35.8 Å². The van der Waals surface area contributed by atoms with Crippen LogP contribution in [-0.4, -0.2) is 40.9 Å². The van der Waals surface area contributed by atoms with Crippen molar-refractivity contribution in [3.05, 3.63) is 226 Å². The summed E-state index contributed by atoms with van der Waals surface area (Å²) in [5, 5.41) is 86.0. The first kappa shape index (κ1) is 85.3. The third-order valence-electron chi connectivity index (χ3n) is 21.7. The van der Waals surface area contributed by atoms with Crippen molar-refractivity contribution in [2.45, 2.75) is 287 Å². The Kier molecular flexibility index (Phi) is 27.6. The molecule has 8 N–H and O–H groups in total. The molecule has 2 saturated carbocycles. The standard InChI is InChI=1S/C29H40O2.C25H36O2.C23H32O2.C15H12Br4O2/c1-20-15-22(26(30)24(17-20)28(3)11-7-5-8-12-28)19-23-16-21(2)18-25(27(23)31)29(4)13-9-6-10-14-29;1-9-16-11-18(22(26)20(13-16)24(3,4)5)15-19-12-17(10-2)14-21(23(19)27)25(6,7)8;1-14-9-16(20(24)18(11-14)22(3,4)5)13-17-10-15(2)12-19(21(17)25)23(6,7)8;1-15(2,7-3-9(16)13(20)10(17)4-7)8-5-11(18)14(21)12(19)6-8/h15-18,30-31H,5-14,19H2,1-4H3;11-14,26-27H,9-10,15H2,1-8H3;9-12,24-25H,13H2,1-8H3;3-6,20-21H,1-2H3. The lowest BCUT2D eigenvalue weighted by Crippen LogP contribution is -2.26. The van der Waals surface area contributed by atoms with Gasteiger partial charge in [-0.1, -0.05) is 258 Å². The Labute approximate surface area is 658 Å². The van der Waals surface area contributed by atoms with Gasteiger partial charge in [-0.3, -0.25) is 0 Å². The largest absolute Gasteiger partial charge is 0.507 e. The summed E-state index contributed by atoms with van der Waals surface area (Å²) in [5.41, 5.74) is 19.9. The van der Waals surface area contributed by atoms with E-state index in [1.54, 1.807) is 0 Å². The number of phenols is 8. The maximum absolute atomic E-state index is 11.3. The van der Waals surface area contributed by atoms with Gasteiger partial charge < -0.3 is 40.9 Å². The fourth-order valence-corrected chi connectivity index (χ4v) is 17.6. The van der Waals surface area contributed by atoms with Gasteiger partial charge in [0.1, 0.15) is 46.0 Å². The molecule has 8 aromatic carbocycles. The van der Waals surface area contributed by atoms with Crippen molar-refractivity contribution in [2.75, 3.05) is 0 Å². The third-order valence-corrected chi connectivity index (χ3v) is 24.1. The van der Waals surface area contributed by atoms with Crippen LogP contribution in [0.1, 0.15) is 300 Å². The molecule has 12 heteroatoms. The molecule has 0 amide bonds. The molecule has 104 heavy (non-hydrogen) atoms. The molecule has 0 atom stereocenters. The van der Waals surface area contributed by atoms with Crippen LogP contribution in [0.25, 0.3) is 0 Å². The highest BCUT2D eigenvalue weighted by atomic mass is 79.9. The number of phenolic OH excluding ortho intramolecular Hbond substituents is 8. The van der Waals surface area contributed by atoms with E-state index in [2.05, 4.69) is 277 Å². The Bertz CT molecular complexity index is 4060. The first-order chi connectivity index (χ1) is 48.0. The Morgan fingerprint density at radius 2 is 0.529 bits per heavy atom. The summed E-state index contributed by atoms with van der Waals surface area (Å²) < 4.78 is 2.54. The smallest absolute Gasteiger partial charge is 0.143 e. The molecule has 0 bridgehead atoms. The lowest BCUT2D eigenvalue weighted by Gasteiger charge is -2.36. The maximum Gasteiger partial charge on any atom is 0.143 e. The van der Waals surface area contributed by atoms with Crippen LogP contribution >= 0.6 is 63.7 Å². The van der Waals surface area contributed by atoms with E-state index in [4.69, 9.17) is 0 Å². The molecular formula is C92H120Br4O8. The first-order valence-electron chi connectivity index (χ1n) is 37.4. The molecule has 8 nitrogen and oxygen atoms in total. The molecule has 0 aromatic heterocycles. The van der Waals surface area contributed by atoms with E-state index in [1.807, 2.05) is 36.4 Å². The second kappa shape index (κ2) is 33.7. The van der Waals surface area contributed by atoms with E-state index >= 15 is 0 Å². The minimum atomic E-state index is -0.308. The van der Waals surface area contributed by atoms with Gasteiger partial charge in [-0.25, -0.2) is 0 Å². The Morgan fingerprint density at radius 3 is 0.779 bits per heavy atom. The second-order valence-electron chi connectivity index (χ2n) is 35.3. The Balaban J connectivity index is 0.000000196. The van der Waals surface area contributed by atoms with E-state index in [0.29, 0.717) is 71.7 Å². The first-order valence-corrected chi connectivity index (χ1v) is 40.6. The fraction of sp³-hybridized carbons (Fsp3) is 0.478. The van der Waals surface area contributed by atoms with Crippen LogP contribution in [-0.2, 0) is 70.0 Å². The minimum Gasteiger partial charge on any atom is -0.507 e. The highest BCUT2D eigenvalue weighted by molar-refractivity contribution is 9.11. The molecule has 2 aliphatic carbocycles. The zero-order valence-corrected chi connectivity index (χ0v) is 72.8. The van der Waals surface area contributed by atoms with Gasteiger partial charge in [0.05, 0.1) is 17.9 Å². The van der Waals surface area contributed by atoms with Crippen molar-refractivity contribution in [3.8, 4) is 46.0 Å². The molecule has 2 aliphatic rings. The second-order valence-corrected chi connectivity index (χ2v) is 38.7. The summed E-state index contributed by atoms with van der Waals surface area (Å²) in [7, 11) is 0. The summed E-state index contributed by atoms with van der Waals surface area (Å²) in [4.78, 5) is 0. The van der Waals surface area contributed by atoms with Crippen molar-refractivity contribution in [1.82, 2.24) is 0 Å². The molecule has 0 heterocycles. The minimum absolute atomic E-state index is 0.0541. The Morgan fingerprint density at radius 1 is 0.298 bits per heavy atom. The number of halogens is 4. The van der Waals surface area contributed by atoms with E-state index in [1.165, 1.54) is 60.8 Å². The topological polar surface area (TPSA) is 162 Å². The van der Waals surface area contributed by atoms with Crippen LogP contribution in [0.3, 0.4) is 0 Å². The predicted molar refractivity (Wildman–Crippen MR) is 450 cm³/mol. The van der Waals surface area contributed by atoms with Gasteiger partial charge in [-0.05, 0) is 265 Å². The van der Waals surface area contributed by atoms with Crippen molar-refractivity contribution in [1.29, 1.82) is 0 Å². The average molecular weight is 1670 g/mol. The SMILES string of the molecule is CC(C)(c1cc(Br)c(O)c(Br)c1)c1cc(Br)c(O)c(Br)c1.CCc1cc(Cc2cc(CC)cc(C(C)(C)C)c2O)c(O)c(C(C)(C)C)c1.Cc1cc(Cc2cc(C)cc(C(C)(C)C)c2O)c(O)c(C(C)(C)C)c1.Cc1cc(Cc2cc(C)cc(C3(C)CCCCC3)c2O)c(O)c(C2(C)CCCCC2)c1.